The Morgan fingerprint density at radius 2 is 1.66 bits per heavy atom. The predicted molar refractivity (Wildman–Crippen MR) is 145 cm³/mol. The molecule has 3 aromatic rings. The van der Waals surface area contributed by atoms with Crippen LogP contribution in [0.1, 0.15) is 5.56 Å². The molecule has 0 aliphatic carbocycles. The van der Waals surface area contributed by atoms with Crippen molar-refractivity contribution in [2.45, 2.75) is 12.1 Å². The highest BCUT2D eigenvalue weighted by atomic mass is 35.5. The number of carbonyl (C=O) groups excluding carboxylic acids is 3. The number of nitrogens with one attached hydrogen (secondary N) is 1. The first-order chi connectivity index (χ1) is 18.4. The lowest BCUT2D eigenvalue weighted by Gasteiger charge is -2.36. The lowest BCUT2D eigenvalue weighted by atomic mass is 9.88. The molecule has 192 valence electrons. The first-order valence-corrected chi connectivity index (χ1v) is 12.5. The van der Waals surface area contributed by atoms with E-state index in [1.807, 2.05) is 41.3 Å². The Morgan fingerprint density at radius 3 is 2.39 bits per heavy atom. The molecular formula is C29H24ClN3O5. The van der Waals surface area contributed by atoms with Gasteiger partial charge in [-0.1, -0.05) is 42.0 Å². The van der Waals surface area contributed by atoms with Crippen molar-refractivity contribution in [3.05, 3.63) is 83.4 Å². The molecule has 8 nitrogen and oxygen atoms in total. The number of rotatable bonds is 5. The first kappa shape index (κ1) is 24.1. The number of carbonyl (C=O) groups is 3. The van der Waals surface area contributed by atoms with Gasteiger partial charge in [-0.05, 0) is 48.0 Å². The number of nitrogens with zero attached hydrogens (tertiary/aromatic N) is 2. The van der Waals surface area contributed by atoms with Gasteiger partial charge >= 0.3 is 0 Å². The molecule has 6 rings (SSSR count). The molecule has 1 N–H and O–H groups in total. The number of ether oxygens (including phenoxy) is 2. The zero-order chi connectivity index (χ0) is 26.6. The molecule has 0 aromatic heterocycles. The first-order valence-electron chi connectivity index (χ1n) is 12.1. The third-order valence-corrected chi connectivity index (χ3v) is 7.68. The topological polar surface area (TPSA) is 88.2 Å². The van der Waals surface area contributed by atoms with Gasteiger partial charge in [0.05, 0.1) is 43.5 Å². The molecule has 0 bridgehead atoms. The fraction of sp³-hybridized carbons (Fsp3) is 0.207. The molecule has 0 saturated carbocycles. The number of hydrogen-bond donors (Lipinski definition) is 1. The molecule has 4 unspecified atom stereocenters. The molecule has 3 heterocycles. The normalized spacial score (nSPS) is 23.1. The summed E-state index contributed by atoms with van der Waals surface area (Å²) < 4.78 is 10.8. The molecule has 3 amide bonds. The van der Waals surface area contributed by atoms with Gasteiger partial charge in [-0.2, -0.15) is 0 Å². The number of anilines is 3. The van der Waals surface area contributed by atoms with E-state index in [1.54, 1.807) is 42.5 Å². The van der Waals surface area contributed by atoms with Crippen molar-refractivity contribution in [3.8, 4) is 11.5 Å². The van der Waals surface area contributed by atoms with E-state index in [1.165, 1.54) is 19.1 Å². The summed E-state index contributed by atoms with van der Waals surface area (Å²) in [4.78, 5) is 44.9. The van der Waals surface area contributed by atoms with E-state index in [0.29, 0.717) is 27.9 Å². The molecule has 9 heteroatoms. The summed E-state index contributed by atoms with van der Waals surface area (Å²) in [5.74, 6) is -1.81. The molecule has 2 fully saturated rings. The maximum Gasteiger partial charge on any atom is 0.248 e. The SMILES string of the molecule is COc1ccc(OC)c(NC(=O)C2C3C(=O)N(c4ccc(Cl)cc4)C(=O)C3C3C=Cc4ccccc4N32)c1. The smallest absolute Gasteiger partial charge is 0.248 e. The van der Waals surface area contributed by atoms with Crippen LogP contribution in [0.2, 0.25) is 5.02 Å². The third-order valence-electron chi connectivity index (χ3n) is 7.43. The second-order valence-electron chi connectivity index (χ2n) is 9.36. The maximum absolute atomic E-state index is 14.1. The van der Waals surface area contributed by atoms with E-state index in [4.69, 9.17) is 21.1 Å². The van der Waals surface area contributed by atoms with Crippen LogP contribution in [0, 0.1) is 11.8 Å². The summed E-state index contributed by atoms with van der Waals surface area (Å²) in [6, 6.07) is 17.9. The van der Waals surface area contributed by atoms with Crippen LogP contribution < -0.4 is 24.6 Å². The van der Waals surface area contributed by atoms with Gasteiger partial charge in [0.1, 0.15) is 17.5 Å². The maximum atomic E-state index is 14.1. The van der Waals surface area contributed by atoms with Crippen molar-refractivity contribution in [1.82, 2.24) is 0 Å². The Labute approximate surface area is 224 Å². The Balaban J connectivity index is 1.44. The average Bonchev–Trinajstić information content (AvgIpc) is 3.42. The van der Waals surface area contributed by atoms with Crippen LogP contribution in [0.25, 0.3) is 6.08 Å². The zero-order valence-corrected chi connectivity index (χ0v) is 21.4. The molecule has 2 saturated heterocycles. The Bertz CT molecular complexity index is 1490. The van der Waals surface area contributed by atoms with Gasteiger partial charge in [-0.25, -0.2) is 4.90 Å². The van der Waals surface area contributed by atoms with Gasteiger partial charge in [0.15, 0.2) is 0 Å². The van der Waals surface area contributed by atoms with Crippen LogP contribution >= 0.6 is 11.6 Å². The molecule has 0 spiro atoms. The minimum absolute atomic E-state index is 0.337. The summed E-state index contributed by atoms with van der Waals surface area (Å²) in [6.07, 6.45) is 3.86. The van der Waals surface area contributed by atoms with E-state index >= 15 is 0 Å². The number of halogens is 1. The third kappa shape index (κ3) is 3.63. The van der Waals surface area contributed by atoms with E-state index in [2.05, 4.69) is 5.32 Å². The second-order valence-corrected chi connectivity index (χ2v) is 9.79. The molecular weight excluding hydrogens is 506 g/mol. The van der Waals surface area contributed by atoms with Crippen molar-refractivity contribution in [2.75, 3.05) is 29.3 Å². The lowest BCUT2D eigenvalue weighted by molar-refractivity contribution is -0.126. The van der Waals surface area contributed by atoms with E-state index in [0.717, 1.165) is 11.3 Å². The van der Waals surface area contributed by atoms with Gasteiger partial charge < -0.3 is 19.7 Å². The van der Waals surface area contributed by atoms with E-state index in [9.17, 15) is 14.4 Å². The number of imide groups is 1. The molecule has 38 heavy (non-hydrogen) atoms. The van der Waals surface area contributed by atoms with Crippen LogP contribution in [0.15, 0.2) is 72.8 Å². The number of amides is 3. The Kier molecular flexibility index (Phi) is 5.84. The average molecular weight is 530 g/mol. The minimum Gasteiger partial charge on any atom is -0.497 e. The van der Waals surface area contributed by atoms with Crippen LogP contribution in [0.4, 0.5) is 17.1 Å². The summed E-state index contributed by atoms with van der Waals surface area (Å²) in [6.45, 7) is 0. The van der Waals surface area contributed by atoms with Crippen LogP contribution in [-0.4, -0.2) is 44.0 Å². The van der Waals surface area contributed by atoms with Gasteiger partial charge in [0, 0.05) is 16.8 Å². The fourth-order valence-corrected chi connectivity index (χ4v) is 5.90. The van der Waals surface area contributed by atoms with Gasteiger partial charge in [0.2, 0.25) is 17.7 Å². The summed E-state index contributed by atoms with van der Waals surface area (Å²) in [5.41, 5.74) is 2.55. The summed E-state index contributed by atoms with van der Waals surface area (Å²) >= 11 is 6.04. The second kappa shape index (κ2) is 9.22. The Hall–Kier alpha value is -4.30. The monoisotopic (exact) mass is 529 g/mol. The quantitative estimate of drug-likeness (QED) is 0.493. The van der Waals surface area contributed by atoms with Crippen LogP contribution in [0.3, 0.4) is 0 Å². The van der Waals surface area contributed by atoms with E-state index < -0.39 is 35.7 Å². The van der Waals surface area contributed by atoms with E-state index in [-0.39, 0.29) is 5.91 Å². The molecule has 3 aliphatic heterocycles. The number of methoxy groups -OCH3 is 2. The number of hydrogen-bond acceptors (Lipinski definition) is 6. The van der Waals surface area contributed by atoms with Gasteiger partial charge in [-0.3, -0.25) is 14.4 Å². The number of benzene rings is 3. The highest BCUT2D eigenvalue weighted by Gasteiger charge is 2.64. The van der Waals surface area contributed by atoms with Crippen molar-refractivity contribution >= 4 is 52.5 Å². The largest absolute Gasteiger partial charge is 0.497 e. The highest BCUT2D eigenvalue weighted by Crippen LogP contribution is 2.49. The van der Waals surface area contributed by atoms with Crippen molar-refractivity contribution in [3.63, 3.8) is 0 Å². The van der Waals surface area contributed by atoms with Crippen LogP contribution in [-0.2, 0) is 14.4 Å². The predicted octanol–water partition coefficient (Wildman–Crippen LogP) is 4.39. The fourth-order valence-electron chi connectivity index (χ4n) is 5.78. The molecule has 3 aromatic carbocycles. The standard InChI is InChI=1S/C29H24ClN3O5/c1-37-19-12-14-23(38-2)20(15-19)31-27(34)26-25-24(22-13-7-16-5-3-4-6-21(16)33(22)26)28(35)32(29(25)36)18-10-8-17(30)9-11-18/h3-15,22,24-26H,1-2H3,(H,31,34). The highest BCUT2D eigenvalue weighted by molar-refractivity contribution is 6.31. The molecule has 0 radical (unpaired) electrons. The van der Waals surface area contributed by atoms with Crippen molar-refractivity contribution in [2.24, 2.45) is 11.8 Å². The number of fused-ring (bicyclic) bond motifs is 5. The minimum atomic E-state index is -0.944. The zero-order valence-electron chi connectivity index (χ0n) is 20.6. The van der Waals surface area contributed by atoms with Gasteiger partial charge in [-0.15, -0.1) is 0 Å². The number of para-hydroxylation sites is 1. The summed E-state index contributed by atoms with van der Waals surface area (Å²) in [5, 5.41) is 3.44. The molecule has 3 aliphatic rings. The van der Waals surface area contributed by atoms with Crippen molar-refractivity contribution < 1.29 is 23.9 Å². The molecule has 4 atom stereocenters. The summed E-state index contributed by atoms with van der Waals surface area (Å²) in [7, 11) is 3.04. The van der Waals surface area contributed by atoms with Crippen molar-refractivity contribution in [1.29, 1.82) is 0 Å². The lowest BCUT2D eigenvalue weighted by Crippen LogP contribution is -2.50. The van der Waals surface area contributed by atoms with Gasteiger partial charge in [0.25, 0.3) is 0 Å². The van der Waals surface area contributed by atoms with Crippen LogP contribution in [0.5, 0.6) is 11.5 Å². The Morgan fingerprint density at radius 1 is 0.921 bits per heavy atom.